The summed E-state index contributed by atoms with van der Waals surface area (Å²) in [6.45, 7) is 0.00650. The van der Waals surface area contributed by atoms with Gasteiger partial charge in [0.15, 0.2) is 0 Å². The van der Waals surface area contributed by atoms with Crippen LogP contribution in [0, 0.1) is 11.3 Å². The van der Waals surface area contributed by atoms with Crippen molar-refractivity contribution in [2.45, 2.75) is 6.61 Å². The lowest BCUT2D eigenvalue weighted by atomic mass is 10.2. The minimum absolute atomic E-state index is 0.00650. The second kappa shape index (κ2) is 2.92. The highest BCUT2D eigenvalue weighted by Crippen LogP contribution is 2.13. The van der Waals surface area contributed by atoms with Crippen LogP contribution in [-0.4, -0.2) is 9.51 Å². The van der Waals surface area contributed by atoms with E-state index in [9.17, 15) is 0 Å². The summed E-state index contributed by atoms with van der Waals surface area (Å²) in [4.78, 5) is 0. The minimum Gasteiger partial charge on any atom is -0.392 e. The predicted molar refractivity (Wildman–Crippen MR) is 48.0 cm³/mol. The van der Waals surface area contributed by atoms with Gasteiger partial charge in [0.1, 0.15) is 6.07 Å². The molecule has 0 saturated carbocycles. The van der Waals surface area contributed by atoms with E-state index in [1.54, 1.807) is 6.07 Å². The molecule has 13 heavy (non-hydrogen) atoms. The largest absolute Gasteiger partial charge is 0.392 e. The van der Waals surface area contributed by atoms with Crippen molar-refractivity contribution in [3.8, 4) is 6.07 Å². The molecule has 0 aliphatic heterocycles. The van der Waals surface area contributed by atoms with E-state index in [4.69, 9.17) is 10.4 Å². The first-order valence-corrected chi connectivity index (χ1v) is 3.95. The van der Waals surface area contributed by atoms with Crippen LogP contribution in [0.2, 0.25) is 0 Å². The van der Waals surface area contributed by atoms with Crippen LogP contribution in [0.1, 0.15) is 11.1 Å². The fourth-order valence-electron chi connectivity index (χ4n) is 1.33. The van der Waals surface area contributed by atoms with E-state index in [1.165, 1.54) is 0 Å². The zero-order valence-electron chi connectivity index (χ0n) is 6.94. The number of aromatic nitrogens is 1. The maximum absolute atomic E-state index is 8.91. The van der Waals surface area contributed by atoms with Crippen molar-refractivity contribution in [2.75, 3.05) is 0 Å². The highest BCUT2D eigenvalue weighted by atomic mass is 16.3. The molecule has 2 aromatic rings. The third-order valence-corrected chi connectivity index (χ3v) is 2.03. The van der Waals surface area contributed by atoms with Gasteiger partial charge in [-0.3, -0.25) is 0 Å². The predicted octanol–water partition coefficient (Wildman–Crippen LogP) is 1.30. The Bertz CT molecular complexity index is 479. The van der Waals surface area contributed by atoms with E-state index in [0.717, 1.165) is 11.1 Å². The lowest BCUT2D eigenvalue weighted by Gasteiger charge is -1.98. The van der Waals surface area contributed by atoms with Crippen LogP contribution in [0.4, 0.5) is 0 Å². The number of nitriles is 1. The van der Waals surface area contributed by atoms with Crippen molar-refractivity contribution >= 4 is 5.52 Å². The molecule has 1 N–H and O–H groups in total. The molecule has 64 valence electrons. The third-order valence-electron chi connectivity index (χ3n) is 2.03. The van der Waals surface area contributed by atoms with Gasteiger partial charge in [-0.05, 0) is 23.8 Å². The third kappa shape index (κ3) is 1.17. The van der Waals surface area contributed by atoms with E-state index >= 15 is 0 Å². The van der Waals surface area contributed by atoms with Crippen LogP contribution in [0.5, 0.6) is 0 Å². The number of hydrogen-bond donors (Lipinski definition) is 1. The first kappa shape index (κ1) is 7.84. The second-order valence-corrected chi connectivity index (χ2v) is 2.83. The molecule has 3 heteroatoms. The fraction of sp³-hybridized carbons (Fsp3) is 0.100. The summed E-state index contributed by atoms with van der Waals surface area (Å²) in [5, 5.41) is 17.7. The number of aliphatic hydroxyl groups is 1. The fourth-order valence-corrected chi connectivity index (χ4v) is 1.33. The Labute approximate surface area is 75.5 Å². The van der Waals surface area contributed by atoms with E-state index < -0.39 is 0 Å². The Kier molecular flexibility index (Phi) is 1.76. The monoisotopic (exact) mass is 172 g/mol. The Morgan fingerprint density at radius 1 is 1.38 bits per heavy atom. The molecule has 0 atom stereocenters. The quantitative estimate of drug-likeness (QED) is 0.704. The SMILES string of the molecule is N#Cc1ccn2ccc(CO)cc12. The second-order valence-electron chi connectivity index (χ2n) is 2.83. The number of aliphatic hydroxyl groups excluding tert-OH is 1. The normalized spacial score (nSPS) is 10.2. The Morgan fingerprint density at radius 2 is 2.15 bits per heavy atom. The smallest absolute Gasteiger partial charge is 0.101 e. The van der Waals surface area contributed by atoms with Crippen molar-refractivity contribution in [1.29, 1.82) is 5.26 Å². The molecule has 0 fully saturated rings. The Hall–Kier alpha value is -1.79. The molecule has 0 unspecified atom stereocenters. The number of rotatable bonds is 1. The van der Waals surface area contributed by atoms with E-state index in [2.05, 4.69) is 6.07 Å². The van der Waals surface area contributed by atoms with Crippen molar-refractivity contribution in [1.82, 2.24) is 4.40 Å². The molecule has 0 aromatic carbocycles. The standard InChI is InChI=1S/C10H8N2O/c11-6-9-2-4-12-3-1-8(7-13)5-10(9)12/h1-5,13H,7H2. The van der Waals surface area contributed by atoms with E-state index in [0.29, 0.717) is 5.56 Å². The average Bonchev–Trinajstić information content (AvgIpc) is 2.59. The maximum atomic E-state index is 8.91. The van der Waals surface area contributed by atoms with Crippen LogP contribution in [0.3, 0.4) is 0 Å². The average molecular weight is 172 g/mol. The van der Waals surface area contributed by atoms with Gasteiger partial charge in [0.05, 0.1) is 17.7 Å². The highest BCUT2D eigenvalue weighted by molar-refractivity contribution is 5.62. The molecule has 0 radical (unpaired) electrons. The molecular formula is C10H8N2O. The Balaban J connectivity index is 2.73. The zero-order valence-corrected chi connectivity index (χ0v) is 6.94. The molecule has 2 rings (SSSR count). The van der Waals surface area contributed by atoms with Gasteiger partial charge < -0.3 is 9.51 Å². The van der Waals surface area contributed by atoms with Crippen LogP contribution >= 0.6 is 0 Å². The van der Waals surface area contributed by atoms with Crippen LogP contribution < -0.4 is 0 Å². The van der Waals surface area contributed by atoms with Gasteiger partial charge >= 0.3 is 0 Å². The molecule has 3 nitrogen and oxygen atoms in total. The lowest BCUT2D eigenvalue weighted by Crippen LogP contribution is -1.87. The van der Waals surface area contributed by atoms with Crippen molar-refractivity contribution < 1.29 is 5.11 Å². The van der Waals surface area contributed by atoms with Crippen molar-refractivity contribution in [2.24, 2.45) is 0 Å². The van der Waals surface area contributed by atoms with Gasteiger partial charge in [-0.15, -0.1) is 0 Å². The van der Waals surface area contributed by atoms with Gasteiger partial charge in [-0.2, -0.15) is 5.26 Å². The Morgan fingerprint density at radius 3 is 2.85 bits per heavy atom. The first-order valence-electron chi connectivity index (χ1n) is 3.95. The van der Waals surface area contributed by atoms with Crippen LogP contribution in [0.15, 0.2) is 30.6 Å². The summed E-state index contributed by atoms with van der Waals surface area (Å²) in [5.74, 6) is 0. The highest BCUT2D eigenvalue weighted by Gasteiger charge is 2.01. The molecule has 0 saturated heterocycles. The van der Waals surface area contributed by atoms with Crippen LogP contribution in [0.25, 0.3) is 5.52 Å². The first-order chi connectivity index (χ1) is 6.35. The summed E-state index contributed by atoms with van der Waals surface area (Å²) in [5.41, 5.74) is 2.30. The molecule has 0 aliphatic carbocycles. The van der Waals surface area contributed by atoms with E-state index in [-0.39, 0.29) is 6.61 Å². The lowest BCUT2D eigenvalue weighted by molar-refractivity contribution is 0.282. The molecule has 0 spiro atoms. The van der Waals surface area contributed by atoms with Crippen molar-refractivity contribution in [3.63, 3.8) is 0 Å². The van der Waals surface area contributed by atoms with Gasteiger partial charge in [0, 0.05) is 12.4 Å². The maximum Gasteiger partial charge on any atom is 0.101 e. The number of fused-ring (bicyclic) bond motifs is 1. The minimum atomic E-state index is 0.00650. The summed E-state index contributed by atoms with van der Waals surface area (Å²) in [7, 11) is 0. The molecule has 0 amide bonds. The number of nitrogens with zero attached hydrogens (tertiary/aromatic N) is 2. The topological polar surface area (TPSA) is 48.4 Å². The molecule has 2 aromatic heterocycles. The summed E-state index contributed by atoms with van der Waals surface area (Å²) in [6.07, 6.45) is 3.66. The molecule has 0 aliphatic rings. The summed E-state index contributed by atoms with van der Waals surface area (Å²) in [6, 6.07) is 7.50. The van der Waals surface area contributed by atoms with Gasteiger partial charge in [-0.1, -0.05) is 0 Å². The van der Waals surface area contributed by atoms with Crippen molar-refractivity contribution in [3.05, 3.63) is 41.7 Å². The number of pyridine rings is 1. The molecule has 0 bridgehead atoms. The zero-order chi connectivity index (χ0) is 9.26. The van der Waals surface area contributed by atoms with Crippen LogP contribution in [-0.2, 0) is 6.61 Å². The van der Waals surface area contributed by atoms with E-state index in [1.807, 2.05) is 28.9 Å². The summed E-state index contributed by atoms with van der Waals surface area (Å²) >= 11 is 0. The molecule has 2 heterocycles. The number of hydrogen-bond acceptors (Lipinski definition) is 2. The summed E-state index contributed by atoms with van der Waals surface area (Å²) < 4.78 is 1.86. The van der Waals surface area contributed by atoms with Gasteiger partial charge in [-0.25, -0.2) is 0 Å². The van der Waals surface area contributed by atoms with Gasteiger partial charge in [0.2, 0.25) is 0 Å². The molecular weight excluding hydrogens is 164 g/mol. The van der Waals surface area contributed by atoms with Gasteiger partial charge in [0.25, 0.3) is 0 Å².